The first-order chi connectivity index (χ1) is 15.5. The summed E-state index contributed by atoms with van der Waals surface area (Å²) in [5.41, 5.74) is 9.31. The van der Waals surface area contributed by atoms with Gasteiger partial charge >= 0.3 is 0 Å². The van der Waals surface area contributed by atoms with Crippen LogP contribution in [0.3, 0.4) is 0 Å². The quantitative estimate of drug-likeness (QED) is 0.512. The van der Waals surface area contributed by atoms with E-state index >= 15 is 0 Å². The van der Waals surface area contributed by atoms with Gasteiger partial charge in [0.2, 0.25) is 17.8 Å². The van der Waals surface area contributed by atoms with E-state index in [-0.39, 0.29) is 12.3 Å². The zero-order valence-electron chi connectivity index (χ0n) is 17.5. The maximum atomic E-state index is 12.4. The molecular weight excluding hydrogens is 410 g/mol. The third-order valence-electron chi connectivity index (χ3n) is 4.87. The van der Waals surface area contributed by atoms with Gasteiger partial charge in [-0.1, -0.05) is 12.1 Å². The first-order valence-electron chi connectivity index (χ1n) is 9.73. The molecule has 0 spiro atoms. The van der Waals surface area contributed by atoms with Gasteiger partial charge in [-0.05, 0) is 29.8 Å². The monoisotopic (exact) mass is 431 g/mol. The Bertz CT molecular complexity index is 1240. The molecule has 2 amide bonds. The van der Waals surface area contributed by atoms with Crippen LogP contribution in [0, 0.1) is 0 Å². The van der Waals surface area contributed by atoms with Gasteiger partial charge in [-0.2, -0.15) is 0 Å². The second kappa shape index (κ2) is 8.76. The number of nitrogens with zero attached hydrogens (tertiary/aromatic N) is 2. The van der Waals surface area contributed by atoms with Crippen molar-refractivity contribution < 1.29 is 19.1 Å². The molecule has 0 atom stereocenters. The van der Waals surface area contributed by atoms with E-state index in [4.69, 9.17) is 15.2 Å². The number of aromatic nitrogens is 2. The number of nitrogens with one attached hydrogen (secondary N) is 2. The van der Waals surface area contributed by atoms with E-state index in [1.165, 1.54) is 6.08 Å². The molecule has 9 nitrogen and oxygen atoms in total. The predicted molar refractivity (Wildman–Crippen MR) is 121 cm³/mol. The van der Waals surface area contributed by atoms with Crippen LogP contribution in [-0.4, -0.2) is 36.0 Å². The largest absolute Gasteiger partial charge is 0.493 e. The number of carbonyl (C=O) groups is 2. The number of hydrogen-bond acceptors (Lipinski definition) is 7. The minimum atomic E-state index is -0.548. The molecule has 0 aliphatic carbocycles. The van der Waals surface area contributed by atoms with Crippen LogP contribution >= 0.6 is 0 Å². The number of fused-ring (bicyclic) bond motifs is 3. The van der Waals surface area contributed by atoms with E-state index in [0.29, 0.717) is 34.4 Å². The summed E-state index contributed by atoms with van der Waals surface area (Å²) in [4.78, 5) is 32.4. The van der Waals surface area contributed by atoms with E-state index in [9.17, 15) is 9.59 Å². The summed E-state index contributed by atoms with van der Waals surface area (Å²) in [6.07, 6.45) is 4.64. The van der Waals surface area contributed by atoms with Crippen molar-refractivity contribution in [2.45, 2.75) is 6.42 Å². The summed E-state index contributed by atoms with van der Waals surface area (Å²) in [7, 11) is 3.14. The van der Waals surface area contributed by atoms with Gasteiger partial charge in [-0.15, -0.1) is 0 Å². The molecule has 0 saturated carbocycles. The van der Waals surface area contributed by atoms with Crippen molar-refractivity contribution in [3.63, 3.8) is 0 Å². The topological polar surface area (TPSA) is 128 Å². The van der Waals surface area contributed by atoms with Crippen LogP contribution in [0.4, 0.5) is 17.3 Å². The van der Waals surface area contributed by atoms with Crippen LogP contribution < -0.4 is 25.8 Å². The molecule has 1 aliphatic rings. The van der Waals surface area contributed by atoms with Crippen molar-refractivity contribution in [2.24, 2.45) is 5.73 Å². The molecule has 9 heteroatoms. The highest BCUT2D eigenvalue weighted by Gasteiger charge is 2.21. The first-order valence-corrected chi connectivity index (χ1v) is 9.73. The molecule has 2 aromatic carbocycles. The number of nitrogens with two attached hydrogens (primary N) is 1. The lowest BCUT2D eigenvalue weighted by atomic mass is 10.0. The average molecular weight is 431 g/mol. The third kappa shape index (κ3) is 4.36. The first kappa shape index (κ1) is 20.9. The van der Waals surface area contributed by atoms with Crippen molar-refractivity contribution in [1.82, 2.24) is 9.97 Å². The van der Waals surface area contributed by atoms with E-state index < -0.39 is 5.91 Å². The Morgan fingerprint density at radius 2 is 1.97 bits per heavy atom. The lowest BCUT2D eigenvalue weighted by Crippen LogP contribution is -2.13. The molecule has 0 bridgehead atoms. The Balaban J connectivity index is 1.71. The Kier molecular flexibility index (Phi) is 5.71. The van der Waals surface area contributed by atoms with Crippen LogP contribution in [0.15, 0.2) is 48.7 Å². The number of benzene rings is 2. The average Bonchev–Trinajstić information content (AvgIpc) is 2.92. The zero-order chi connectivity index (χ0) is 22.7. The highest BCUT2D eigenvalue weighted by molar-refractivity contribution is 6.00. The van der Waals surface area contributed by atoms with E-state index in [1.54, 1.807) is 44.7 Å². The van der Waals surface area contributed by atoms with Gasteiger partial charge in [-0.25, -0.2) is 9.97 Å². The summed E-state index contributed by atoms with van der Waals surface area (Å²) >= 11 is 0. The number of primary amides is 1. The van der Waals surface area contributed by atoms with Gasteiger partial charge in [0.25, 0.3) is 0 Å². The number of rotatable bonds is 6. The highest BCUT2D eigenvalue weighted by Crippen LogP contribution is 2.35. The molecular formula is C23H21N5O4. The number of amides is 2. The number of anilines is 3. The van der Waals surface area contributed by atoms with Crippen molar-refractivity contribution in [1.29, 1.82) is 0 Å². The molecule has 0 unspecified atom stereocenters. The van der Waals surface area contributed by atoms with Gasteiger partial charge in [0.15, 0.2) is 11.5 Å². The summed E-state index contributed by atoms with van der Waals surface area (Å²) in [5, 5.41) is 6.05. The molecule has 4 rings (SSSR count). The number of hydrogen-bond donors (Lipinski definition) is 3. The smallest absolute Gasteiger partial charge is 0.241 e. The van der Waals surface area contributed by atoms with Gasteiger partial charge < -0.3 is 25.8 Å². The Hall–Kier alpha value is -4.40. The van der Waals surface area contributed by atoms with Crippen LogP contribution in [-0.2, 0) is 16.0 Å². The van der Waals surface area contributed by atoms with Gasteiger partial charge in [0.05, 0.1) is 32.0 Å². The number of methoxy groups -OCH3 is 2. The maximum absolute atomic E-state index is 12.4. The molecule has 1 aromatic heterocycles. The second-order valence-corrected chi connectivity index (χ2v) is 7.03. The lowest BCUT2D eigenvalue weighted by molar-refractivity contribution is -0.115. The number of ether oxygens (including phenoxy) is 2. The normalized spacial score (nSPS) is 12.4. The Morgan fingerprint density at radius 3 is 2.72 bits per heavy atom. The number of carbonyl (C=O) groups excluding carboxylic acids is 2. The fraction of sp³-hybridized carbons (Fsp3) is 0.130. The standard InChI is InChI=1S/C23H21N5O4/c1-31-18-7-5-15(11-19(18)32-2)26-23-25-12-14-10-21(30)27-17-9-13(4-8-20(24)29)3-6-16(17)22(14)28-23/h3-9,11-12H,10H2,1-2H3,(H2,24,29)(H,27,30)(H,25,26,28). The molecule has 0 saturated heterocycles. The SMILES string of the molecule is COc1ccc(Nc2ncc3c(n2)-c2ccc(C=CC(N)=O)cc2NC(=O)C3)cc1OC. The summed E-state index contributed by atoms with van der Waals surface area (Å²) in [6.45, 7) is 0. The van der Waals surface area contributed by atoms with Crippen molar-refractivity contribution in [3.05, 3.63) is 59.8 Å². The summed E-state index contributed by atoms with van der Waals surface area (Å²) < 4.78 is 10.6. The van der Waals surface area contributed by atoms with E-state index in [0.717, 1.165) is 16.8 Å². The summed E-state index contributed by atoms with van der Waals surface area (Å²) in [6, 6.07) is 10.8. The van der Waals surface area contributed by atoms with Crippen molar-refractivity contribution in [3.8, 4) is 22.8 Å². The zero-order valence-corrected chi connectivity index (χ0v) is 17.5. The second-order valence-electron chi connectivity index (χ2n) is 7.03. The van der Waals surface area contributed by atoms with E-state index in [1.807, 2.05) is 18.2 Å². The van der Waals surface area contributed by atoms with Crippen molar-refractivity contribution in [2.75, 3.05) is 24.9 Å². The fourth-order valence-corrected chi connectivity index (χ4v) is 3.39. The Labute approximate surface area is 184 Å². The highest BCUT2D eigenvalue weighted by atomic mass is 16.5. The molecule has 4 N–H and O–H groups in total. The van der Waals surface area contributed by atoms with Gasteiger partial charge in [0.1, 0.15) is 0 Å². The predicted octanol–water partition coefficient (Wildman–Crippen LogP) is 2.90. The van der Waals surface area contributed by atoms with Crippen LogP contribution in [0.5, 0.6) is 11.5 Å². The summed E-state index contributed by atoms with van der Waals surface area (Å²) in [5.74, 6) is 0.830. The van der Waals surface area contributed by atoms with Crippen LogP contribution in [0.25, 0.3) is 17.3 Å². The third-order valence-corrected chi connectivity index (χ3v) is 4.87. The van der Waals surface area contributed by atoms with Crippen LogP contribution in [0.1, 0.15) is 11.1 Å². The minimum absolute atomic E-state index is 0.146. The molecule has 0 radical (unpaired) electrons. The Morgan fingerprint density at radius 1 is 1.16 bits per heavy atom. The minimum Gasteiger partial charge on any atom is -0.493 e. The lowest BCUT2D eigenvalue weighted by Gasteiger charge is -2.12. The van der Waals surface area contributed by atoms with Gasteiger partial charge in [-0.3, -0.25) is 9.59 Å². The fourth-order valence-electron chi connectivity index (χ4n) is 3.39. The molecule has 3 aromatic rings. The molecule has 0 fully saturated rings. The van der Waals surface area contributed by atoms with Crippen molar-refractivity contribution >= 4 is 35.2 Å². The molecule has 162 valence electrons. The molecule has 1 aliphatic heterocycles. The molecule has 32 heavy (non-hydrogen) atoms. The van der Waals surface area contributed by atoms with Gasteiger partial charge in [0, 0.05) is 35.2 Å². The maximum Gasteiger partial charge on any atom is 0.241 e. The van der Waals surface area contributed by atoms with Crippen LogP contribution in [0.2, 0.25) is 0 Å². The van der Waals surface area contributed by atoms with E-state index in [2.05, 4.69) is 20.6 Å². The molecule has 2 heterocycles.